The fourth-order valence-electron chi connectivity index (χ4n) is 2.22. The molecular formula is C16H18Cl3NSi. The molecule has 21 heavy (non-hydrogen) atoms. The Morgan fingerprint density at radius 2 is 1.19 bits per heavy atom. The van der Waals surface area contributed by atoms with Crippen molar-refractivity contribution in [2.75, 3.05) is 11.4 Å². The highest BCUT2D eigenvalue weighted by Gasteiger charge is 2.23. The summed E-state index contributed by atoms with van der Waals surface area (Å²) >= 11 is 17.8. The fourth-order valence-corrected chi connectivity index (χ4v) is 4.07. The van der Waals surface area contributed by atoms with Crippen LogP contribution in [-0.2, 0) is 0 Å². The molecule has 0 amide bonds. The second-order valence-electron chi connectivity index (χ2n) is 4.90. The van der Waals surface area contributed by atoms with Crippen molar-refractivity contribution in [1.82, 2.24) is 0 Å². The normalized spacial score (nSPS) is 11.4. The summed E-state index contributed by atoms with van der Waals surface area (Å²) in [5.74, 6) is 0. The molecule has 0 radical (unpaired) electrons. The predicted molar refractivity (Wildman–Crippen MR) is 97.2 cm³/mol. The molecule has 0 aliphatic carbocycles. The van der Waals surface area contributed by atoms with Crippen molar-refractivity contribution in [3.05, 3.63) is 60.7 Å². The van der Waals surface area contributed by atoms with Crippen LogP contribution in [-0.4, -0.2) is 12.5 Å². The van der Waals surface area contributed by atoms with Gasteiger partial charge in [-0.1, -0.05) is 42.8 Å². The van der Waals surface area contributed by atoms with Crippen LogP contribution in [0.25, 0.3) is 0 Å². The Morgan fingerprint density at radius 3 is 1.62 bits per heavy atom. The third-order valence-corrected chi connectivity index (χ3v) is 5.85. The highest BCUT2D eigenvalue weighted by molar-refractivity contribution is 7.64. The zero-order valence-electron chi connectivity index (χ0n) is 11.7. The molecule has 2 rings (SSSR count). The van der Waals surface area contributed by atoms with E-state index in [1.165, 1.54) is 11.4 Å². The molecule has 0 saturated heterocycles. The number of hydrogen-bond donors (Lipinski definition) is 0. The van der Waals surface area contributed by atoms with E-state index in [1.54, 1.807) is 0 Å². The van der Waals surface area contributed by atoms with Crippen LogP contribution in [0.4, 0.5) is 11.4 Å². The van der Waals surface area contributed by atoms with Crippen LogP contribution in [0.2, 0.25) is 6.04 Å². The van der Waals surface area contributed by atoms with Crippen molar-refractivity contribution < 1.29 is 0 Å². The number of halogens is 3. The maximum Gasteiger partial charge on any atom is 0.341 e. The van der Waals surface area contributed by atoms with E-state index < -0.39 is 6.00 Å². The SMILES string of the molecule is Cl[Si](Cl)(Cl)CCCCN(c1ccccc1)c1ccccc1. The van der Waals surface area contributed by atoms with Gasteiger partial charge in [0.1, 0.15) is 0 Å². The zero-order chi connectivity index (χ0) is 15.1. The molecule has 0 heterocycles. The number of anilines is 2. The molecule has 0 N–H and O–H groups in total. The molecular weight excluding hydrogens is 341 g/mol. The van der Waals surface area contributed by atoms with Gasteiger partial charge in [-0.15, -0.1) is 33.2 Å². The van der Waals surface area contributed by atoms with Crippen molar-refractivity contribution in [2.45, 2.75) is 18.9 Å². The smallest absolute Gasteiger partial charge is 0.341 e. The monoisotopic (exact) mass is 357 g/mol. The molecule has 0 aromatic heterocycles. The average molecular weight is 359 g/mol. The molecule has 2 aromatic rings. The molecule has 0 bridgehead atoms. The quantitative estimate of drug-likeness (QED) is 0.321. The highest BCUT2D eigenvalue weighted by Crippen LogP contribution is 2.29. The molecule has 0 atom stereocenters. The van der Waals surface area contributed by atoms with Gasteiger partial charge in [-0.2, -0.15) is 0 Å². The van der Waals surface area contributed by atoms with E-state index in [0.29, 0.717) is 0 Å². The van der Waals surface area contributed by atoms with Gasteiger partial charge in [-0.05, 0) is 36.7 Å². The standard InChI is InChI=1S/C16H18Cl3NSi/c17-21(18,19)14-8-7-13-20(15-9-3-1-4-10-15)16-11-5-2-6-12-16/h1-6,9-12H,7-8,13-14H2. The predicted octanol–water partition coefficient (Wildman–Crippen LogP) is 6.26. The van der Waals surface area contributed by atoms with Crippen LogP contribution in [0.5, 0.6) is 0 Å². The van der Waals surface area contributed by atoms with E-state index in [1.807, 2.05) is 12.1 Å². The summed E-state index contributed by atoms with van der Waals surface area (Å²) < 4.78 is 0. The van der Waals surface area contributed by atoms with Crippen molar-refractivity contribution >= 4 is 50.6 Å². The zero-order valence-corrected chi connectivity index (χ0v) is 15.0. The van der Waals surface area contributed by atoms with Gasteiger partial charge >= 0.3 is 6.00 Å². The molecule has 112 valence electrons. The van der Waals surface area contributed by atoms with Crippen LogP contribution in [0, 0.1) is 0 Å². The van der Waals surface area contributed by atoms with Gasteiger partial charge in [0.05, 0.1) is 0 Å². The van der Waals surface area contributed by atoms with Crippen molar-refractivity contribution in [1.29, 1.82) is 0 Å². The Morgan fingerprint density at radius 1 is 0.714 bits per heavy atom. The molecule has 0 saturated carbocycles. The molecule has 0 fully saturated rings. The second-order valence-corrected chi connectivity index (χ2v) is 14.2. The first-order valence-electron chi connectivity index (χ1n) is 7.01. The number of hydrogen-bond acceptors (Lipinski definition) is 1. The van der Waals surface area contributed by atoms with E-state index in [-0.39, 0.29) is 0 Å². The number of rotatable bonds is 7. The van der Waals surface area contributed by atoms with Gasteiger partial charge in [0.15, 0.2) is 0 Å². The minimum Gasteiger partial charge on any atom is -0.341 e. The Labute approximate surface area is 141 Å². The third-order valence-electron chi connectivity index (χ3n) is 3.23. The Balaban J connectivity index is 2.04. The third kappa shape index (κ3) is 5.91. The Kier molecular flexibility index (Phi) is 6.43. The van der Waals surface area contributed by atoms with E-state index in [2.05, 4.69) is 53.4 Å². The Bertz CT molecular complexity index is 489. The van der Waals surface area contributed by atoms with Crippen molar-refractivity contribution in [3.63, 3.8) is 0 Å². The summed E-state index contributed by atoms with van der Waals surface area (Å²) in [5.41, 5.74) is 2.38. The molecule has 0 unspecified atom stereocenters. The summed E-state index contributed by atoms with van der Waals surface area (Å²) in [6, 6.07) is 19.0. The van der Waals surface area contributed by atoms with Crippen molar-refractivity contribution in [2.24, 2.45) is 0 Å². The molecule has 2 aromatic carbocycles. The topological polar surface area (TPSA) is 3.24 Å². The van der Waals surface area contributed by atoms with Gasteiger partial charge in [-0.3, -0.25) is 0 Å². The molecule has 1 nitrogen and oxygen atoms in total. The maximum atomic E-state index is 5.94. The summed E-state index contributed by atoms with van der Waals surface area (Å²) in [7, 11) is 0. The van der Waals surface area contributed by atoms with Crippen LogP contribution in [0.3, 0.4) is 0 Å². The maximum absolute atomic E-state index is 5.94. The van der Waals surface area contributed by atoms with Gasteiger partial charge in [0, 0.05) is 17.9 Å². The van der Waals surface area contributed by atoms with Gasteiger partial charge in [0.25, 0.3) is 0 Å². The summed E-state index contributed by atoms with van der Waals surface area (Å²) in [6.45, 7) is 0.920. The van der Waals surface area contributed by atoms with Crippen LogP contribution >= 0.6 is 33.2 Å². The minimum atomic E-state index is -2.49. The minimum absolute atomic E-state index is 0.717. The molecule has 0 aliphatic heterocycles. The molecule has 0 aliphatic rings. The first kappa shape index (κ1) is 16.7. The number of unbranched alkanes of at least 4 members (excludes halogenated alkanes) is 1. The Hall–Kier alpha value is -0.673. The van der Waals surface area contributed by atoms with Crippen molar-refractivity contribution in [3.8, 4) is 0 Å². The van der Waals surface area contributed by atoms with Gasteiger partial charge in [0.2, 0.25) is 0 Å². The van der Waals surface area contributed by atoms with E-state index in [9.17, 15) is 0 Å². The second kappa shape index (κ2) is 8.09. The van der Waals surface area contributed by atoms with E-state index >= 15 is 0 Å². The van der Waals surface area contributed by atoms with Gasteiger partial charge < -0.3 is 4.90 Å². The summed E-state index contributed by atoms with van der Waals surface area (Å²) in [4.78, 5) is 2.31. The molecule has 0 spiro atoms. The molecule has 5 heteroatoms. The lowest BCUT2D eigenvalue weighted by molar-refractivity contribution is 0.783. The lowest BCUT2D eigenvalue weighted by Gasteiger charge is -2.25. The summed E-state index contributed by atoms with van der Waals surface area (Å²) in [6.07, 6.45) is 1.95. The first-order valence-corrected chi connectivity index (χ1v) is 12.2. The number of nitrogens with zero attached hydrogens (tertiary/aromatic N) is 1. The van der Waals surface area contributed by atoms with Crippen LogP contribution in [0.1, 0.15) is 12.8 Å². The highest BCUT2D eigenvalue weighted by atomic mass is 35.8. The number of para-hydroxylation sites is 2. The average Bonchev–Trinajstić information content (AvgIpc) is 2.48. The number of benzene rings is 2. The van der Waals surface area contributed by atoms with Crippen LogP contribution in [0.15, 0.2) is 60.7 Å². The first-order chi connectivity index (χ1) is 10.1. The van der Waals surface area contributed by atoms with E-state index in [4.69, 9.17) is 33.2 Å². The summed E-state index contributed by atoms with van der Waals surface area (Å²) in [5, 5.41) is 0. The van der Waals surface area contributed by atoms with Crippen LogP contribution < -0.4 is 4.90 Å². The largest absolute Gasteiger partial charge is 0.341 e. The van der Waals surface area contributed by atoms with Gasteiger partial charge in [-0.25, -0.2) is 0 Å². The lowest BCUT2D eigenvalue weighted by Crippen LogP contribution is -2.19. The fraction of sp³-hybridized carbons (Fsp3) is 0.250. The van der Waals surface area contributed by atoms with E-state index in [0.717, 1.165) is 25.4 Å². The lowest BCUT2D eigenvalue weighted by atomic mass is 10.2.